The first kappa shape index (κ1) is 15.8. The van der Waals surface area contributed by atoms with E-state index in [4.69, 9.17) is 4.74 Å². The zero-order valence-electron chi connectivity index (χ0n) is 13.8. The van der Waals surface area contributed by atoms with E-state index in [0.29, 0.717) is 0 Å². The molecular weight excluding hydrogens is 286 g/mol. The number of likely N-dealkylation sites (N-methyl/N-ethyl adjacent to an activating group) is 1. The fourth-order valence-corrected chi connectivity index (χ4v) is 2.84. The summed E-state index contributed by atoms with van der Waals surface area (Å²) < 4.78 is 6.30. The molecule has 2 N–H and O–H groups in total. The lowest BCUT2D eigenvalue weighted by Crippen LogP contribution is -2.43. The maximum Gasteiger partial charge on any atom is 0.145 e. The molecule has 0 saturated carbocycles. The Labute approximate surface area is 138 Å². The molecule has 0 fully saturated rings. The van der Waals surface area contributed by atoms with E-state index in [-0.39, 0.29) is 12.1 Å². The molecule has 0 spiro atoms. The van der Waals surface area contributed by atoms with Gasteiger partial charge in [-0.2, -0.15) is 0 Å². The number of rotatable bonds is 6. The summed E-state index contributed by atoms with van der Waals surface area (Å²) in [6.45, 7) is 2.86. The quantitative estimate of drug-likeness (QED) is 0.804. The highest BCUT2D eigenvalue weighted by Crippen LogP contribution is 2.36. The highest BCUT2D eigenvalue weighted by Gasteiger charge is 2.30. The van der Waals surface area contributed by atoms with Crippen molar-refractivity contribution in [2.45, 2.75) is 12.1 Å². The second-order valence-corrected chi connectivity index (χ2v) is 6.20. The summed E-state index contributed by atoms with van der Waals surface area (Å²) in [5.41, 5.74) is 2.27. The van der Waals surface area contributed by atoms with Gasteiger partial charge in [0.05, 0.1) is 11.7 Å². The van der Waals surface area contributed by atoms with Crippen molar-refractivity contribution in [3.63, 3.8) is 0 Å². The lowest BCUT2D eigenvalue weighted by Gasteiger charge is -2.35. The Hall–Kier alpha value is -2.04. The Morgan fingerprint density at radius 2 is 1.78 bits per heavy atom. The molecule has 1 heterocycles. The zero-order chi connectivity index (χ0) is 16.1. The van der Waals surface area contributed by atoms with Gasteiger partial charge in [0.25, 0.3) is 0 Å². The molecule has 0 bridgehead atoms. The SMILES string of the molecule is CN(C)CCNCC1Nc2ccccc2OC1c1ccccc1. The summed E-state index contributed by atoms with van der Waals surface area (Å²) in [6.07, 6.45) is 0.0120. The minimum atomic E-state index is 0.0120. The van der Waals surface area contributed by atoms with Gasteiger partial charge in [-0.1, -0.05) is 42.5 Å². The molecule has 23 heavy (non-hydrogen) atoms. The maximum absolute atomic E-state index is 6.30. The van der Waals surface area contributed by atoms with Crippen molar-refractivity contribution in [1.82, 2.24) is 10.2 Å². The van der Waals surface area contributed by atoms with Gasteiger partial charge < -0.3 is 20.3 Å². The summed E-state index contributed by atoms with van der Waals surface area (Å²) >= 11 is 0. The van der Waals surface area contributed by atoms with Crippen LogP contribution in [-0.4, -0.2) is 44.7 Å². The zero-order valence-corrected chi connectivity index (χ0v) is 13.8. The van der Waals surface area contributed by atoms with Crippen LogP contribution in [-0.2, 0) is 0 Å². The van der Waals surface area contributed by atoms with Gasteiger partial charge in [0.15, 0.2) is 0 Å². The molecule has 2 aromatic rings. The monoisotopic (exact) mass is 311 g/mol. The van der Waals surface area contributed by atoms with Crippen LogP contribution in [0.5, 0.6) is 5.75 Å². The van der Waals surface area contributed by atoms with Crippen LogP contribution in [0.3, 0.4) is 0 Å². The molecule has 4 heteroatoms. The van der Waals surface area contributed by atoms with Crippen LogP contribution in [0.25, 0.3) is 0 Å². The van der Waals surface area contributed by atoms with Crippen molar-refractivity contribution in [2.75, 3.05) is 39.0 Å². The van der Waals surface area contributed by atoms with E-state index in [1.807, 2.05) is 24.3 Å². The van der Waals surface area contributed by atoms with Crippen LogP contribution in [0, 0.1) is 0 Å². The Bertz CT molecular complexity index is 615. The lowest BCUT2D eigenvalue weighted by molar-refractivity contribution is 0.169. The van der Waals surface area contributed by atoms with Gasteiger partial charge in [0.1, 0.15) is 11.9 Å². The molecule has 3 rings (SSSR count). The number of benzene rings is 2. The average Bonchev–Trinajstić information content (AvgIpc) is 2.58. The molecule has 0 aliphatic carbocycles. The molecule has 2 atom stereocenters. The Kier molecular flexibility index (Phi) is 5.16. The topological polar surface area (TPSA) is 36.5 Å². The van der Waals surface area contributed by atoms with Gasteiger partial charge in [0.2, 0.25) is 0 Å². The smallest absolute Gasteiger partial charge is 0.145 e. The molecule has 0 saturated heterocycles. The van der Waals surface area contributed by atoms with E-state index in [0.717, 1.165) is 31.1 Å². The second kappa shape index (κ2) is 7.49. The molecule has 1 aliphatic rings. The van der Waals surface area contributed by atoms with Crippen molar-refractivity contribution < 1.29 is 4.74 Å². The molecule has 0 radical (unpaired) electrons. The van der Waals surface area contributed by atoms with Crippen molar-refractivity contribution in [3.05, 3.63) is 60.2 Å². The molecule has 2 unspecified atom stereocenters. The van der Waals surface area contributed by atoms with E-state index in [9.17, 15) is 0 Å². The number of fused-ring (bicyclic) bond motifs is 1. The second-order valence-electron chi connectivity index (χ2n) is 6.20. The Morgan fingerprint density at radius 1 is 1.04 bits per heavy atom. The third-order valence-corrected chi connectivity index (χ3v) is 4.08. The largest absolute Gasteiger partial charge is 0.481 e. The Balaban J connectivity index is 1.74. The van der Waals surface area contributed by atoms with E-state index in [2.05, 4.69) is 60.0 Å². The summed E-state index contributed by atoms with van der Waals surface area (Å²) in [5.74, 6) is 0.922. The summed E-state index contributed by atoms with van der Waals surface area (Å²) in [4.78, 5) is 2.18. The molecule has 122 valence electrons. The van der Waals surface area contributed by atoms with Crippen molar-refractivity contribution in [3.8, 4) is 5.75 Å². The standard InChI is InChI=1S/C19H25N3O/c1-22(2)13-12-20-14-17-19(15-8-4-3-5-9-15)23-18-11-7-6-10-16(18)21-17/h3-11,17,19-21H,12-14H2,1-2H3. The highest BCUT2D eigenvalue weighted by molar-refractivity contribution is 5.59. The minimum Gasteiger partial charge on any atom is -0.481 e. The first-order chi connectivity index (χ1) is 11.2. The normalized spacial score (nSPS) is 19.8. The highest BCUT2D eigenvalue weighted by atomic mass is 16.5. The lowest BCUT2D eigenvalue weighted by atomic mass is 9.99. The van der Waals surface area contributed by atoms with Gasteiger partial charge in [-0.05, 0) is 31.8 Å². The van der Waals surface area contributed by atoms with Crippen LogP contribution >= 0.6 is 0 Å². The fourth-order valence-electron chi connectivity index (χ4n) is 2.84. The Morgan fingerprint density at radius 3 is 2.57 bits per heavy atom. The van der Waals surface area contributed by atoms with Gasteiger partial charge in [-0.15, -0.1) is 0 Å². The third kappa shape index (κ3) is 4.03. The van der Waals surface area contributed by atoms with E-state index < -0.39 is 0 Å². The van der Waals surface area contributed by atoms with E-state index in [1.54, 1.807) is 0 Å². The van der Waals surface area contributed by atoms with Crippen LogP contribution in [0.4, 0.5) is 5.69 Å². The first-order valence-corrected chi connectivity index (χ1v) is 8.16. The predicted octanol–water partition coefficient (Wildman–Crippen LogP) is 2.75. The number of anilines is 1. The summed E-state index contributed by atoms with van der Waals surface area (Å²) in [5, 5.41) is 7.17. The molecule has 1 aliphatic heterocycles. The van der Waals surface area contributed by atoms with Crippen LogP contribution in [0.15, 0.2) is 54.6 Å². The van der Waals surface area contributed by atoms with Crippen molar-refractivity contribution >= 4 is 5.69 Å². The molecular formula is C19H25N3O. The number of nitrogens with one attached hydrogen (secondary N) is 2. The first-order valence-electron chi connectivity index (χ1n) is 8.16. The number of hydrogen-bond donors (Lipinski definition) is 2. The van der Waals surface area contributed by atoms with Gasteiger partial charge >= 0.3 is 0 Å². The van der Waals surface area contributed by atoms with E-state index >= 15 is 0 Å². The maximum atomic E-state index is 6.30. The fraction of sp³-hybridized carbons (Fsp3) is 0.368. The molecule has 2 aromatic carbocycles. The van der Waals surface area contributed by atoms with Crippen molar-refractivity contribution in [2.24, 2.45) is 0 Å². The molecule has 4 nitrogen and oxygen atoms in total. The van der Waals surface area contributed by atoms with Gasteiger partial charge in [0, 0.05) is 19.6 Å². The molecule has 0 amide bonds. The predicted molar refractivity (Wildman–Crippen MR) is 95.1 cm³/mol. The number of nitrogens with zero attached hydrogens (tertiary/aromatic N) is 1. The number of ether oxygens (including phenoxy) is 1. The minimum absolute atomic E-state index is 0.0120. The van der Waals surface area contributed by atoms with Gasteiger partial charge in [-0.25, -0.2) is 0 Å². The summed E-state index contributed by atoms with van der Waals surface area (Å²) in [6, 6.07) is 18.8. The van der Waals surface area contributed by atoms with Crippen LogP contribution in [0.2, 0.25) is 0 Å². The van der Waals surface area contributed by atoms with Gasteiger partial charge in [-0.3, -0.25) is 0 Å². The third-order valence-electron chi connectivity index (χ3n) is 4.08. The van der Waals surface area contributed by atoms with E-state index in [1.165, 1.54) is 5.56 Å². The molecule has 0 aromatic heterocycles. The van der Waals surface area contributed by atoms with Crippen LogP contribution in [0.1, 0.15) is 11.7 Å². The average molecular weight is 311 g/mol. The number of para-hydroxylation sites is 2. The van der Waals surface area contributed by atoms with Crippen molar-refractivity contribution in [1.29, 1.82) is 0 Å². The number of hydrogen-bond acceptors (Lipinski definition) is 4. The van der Waals surface area contributed by atoms with Crippen LogP contribution < -0.4 is 15.4 Å². The summed E-state index contributed by atoms with van der Waals surface area (Å²) in [7, 11) is 4.18.